The van der Waals surface area contributed by atoms with Crippen LogP contribution in [0.25, 0.3) is 23.0 Å². The lowest BCUT2D eigenvalue weighted by Crippen LogP contribution is -1.88. The fourth-order valence-electron chi connectivity index (χ4n) is 1.69. The summed E-state index contributed by atoms with van der Waals surface area (Å²) in [5, 5.41) is 3.95. The van der Waals surface area contributed by atoms with Gasteiger partial charge in [-0.15, -0.1) is 0 Å². The minimum atomic E-state index is 0.406. The first kappa shape index (κ1) is 13.3. The van der Waals surface area contributed by atoms with Crippen molar-refractivity contribution >= 4 is 37.5 Å². The Morgan fingerprint density at radius 3 is 2.75 bits per heavy atom. The van der Waals surface area contributed by atoms with Gasteiger partial charge in [-0.2, -0.15) is 4.98 Å². The van der Waals surface area contributed by atoms with Gasteiger partial charge in [-0.3, -0.25) is 4.98 Å². The number of rotatable bonds is 2. The number of nitrogen functional groups attached to an aromatic ring is 1. The second-order valence-electron chi connectivity index (χ2n) is 4.03. The summed E-state index contributed by atoms with van der Waals surface area (Å²) in [6.07, 6.45) is 1.68. The van der Waals surface area contributed by atoms with Crippen LogP contribution in [-0.2, 0) is 0 Å². The minimum Gasteiger partial charge on any atom is -0.399 e. The van der Waals surface area contributed by atoms with E-state index in [1.165, 1.54) is 0 Å². The zero-order valence-electron chi connectivity index (χ0n) is 10.0. The van der Waals surface area contributed by atoms with Crippen LogP contribution in [0.4, 0.5) is 5.69 Å². The molecule has 100 valence electrons. The van der Waals surface area contributed by atoms with Crippen molar-refractivity contribution in [2.75, 3.05) is 5.73 Å². The van der Waals surface area contributed by atoms with Crippen LogP contribution in [0.15, 0.2) is 50.0 Å². The van der Waals surface area contributed by atoms with E-state index in [0.717, 1.165) is 14.5 Å². The fourth-order valence-corrected chi connectivity index (χ4v) is 2.85. The van der Waals surface area contributed by atoms with Gasteiger partial charge in [0.15, 0.2) is 0 Å². The molecule has 0 aliphatic rings. The largest absolute Gasteiger partial charge is 0.399 e. The van der Waals surface area contributed by atoms with Gasteiger partial charge < -0.3 is 10.3 Å². The summed E-state index contributed by atoms with van der Waals surface area (Å²) in [6.45, 7) is 0. The normalized spacial score (nSPS) is 10.7. The van der Waals surface area contributed by atoms with Crippen LogP contribution in [0.5, 0.6) is 0 Å². The molecule has 0 saturated carbocycles. The van der Waals surface area contributed by atoms with Crippen LogP contribution in [0.1, 0.15) is 0 Å². The van der Waals surface area contributed by atoms with Crippen LogP contribution in [-0.4, -0.2) is 15.1 Å². The number of pyridine rings is 1. The van der Waals surface area contributed by atoms with Gasteiger partial charge in [-0.1, -0.05) is 11.2 Å². The predicted octanol–water partition coefficient (Wildman–Crippen LogP) is 3.91. The van der Waals surface area contributed by atoms with Gasteiger partial charge in [0.05, 0.1) is 0 Å². The van der Waals surface area contributed by atoms with E-state index in [1.54, 1.807) is 18.3 Å². The average Bonchev–Trinajstić information content (AvgIpc) is 2.88. The van der Waals surface area contributed by atoms with Crippen LogP contribution in [0.3, 0.4) is 0 Å². The molecule has 2 N–H and O–H groups in total. The molecule has 0 aliphatic heterocycles. The molecule has 20 heavy (non-hydrogen) atoms. The van der Waals surface area contributed by atoms with Gasteiger partial charge in [-0.25, -0.2) is 0 Å². The second-order valence-corrected chi connectivity index (χ2v) is 5.80. The monoisotopic (exact) mass is 394 g/mol. The highest BCUT2D eigenvalue weighted by Crippen LogP contribution is 2.28. The summed E-state index contributed by atoms with van der Waals surface area (Å²) in [7, 11) is 0. The first-order valence-electron chi connectivity index (χ1n) is 5.64. The SMILES string of the molecule is Nc1cccc(-c2nc(-c3ncc(Br)cc3Br)no2)c1. The average molecular weight is 396 g/mol. The zero-order valence-corrected chi connectivity index (χ0v) is 13.2. The van der Waals surface area contributed by atoms with Gasteiger partial charge in [0.2, 0.25) is 5.82 Å². The topological polar surface area (TPSA) is 77.8 Å². The Morgan fingerprint density at radius 2 is 2.00 bits per heavy atom. The molecule has 0 fully saturated rings. The summed E-state index contributed by atoms with van der Waals surface area (Å²) in [5.74, 6) is 0.825. The molecular weight excluding hydrogens is 388 g/mol. The van der Waals surface area contributed by atoms with Crippen LogP contribution in [0, 0.1) is 0 Å². The summed E-state index contributed by atoms with van der Waals surface area (Å²) in [4.78, 5) is 8.61. The van der Waals surface area contributed by atoms with Crippen molar-refractivity contribution in [3.63, 3.8) is 0 Å². The van der Waals surface area contributed by atoms with E-state index in [9.17, 15) is 0 Å². The van der Waals surface area contributed by atoms with Gasteiger partial charge in [0.1, 0.15) is 5.69 Å². The van der Waals surface area contributed by atoms with Gasteiger partial charge in [0, 0.05) is 26.4 Å². The van der Waals surface area contributed by atoms with Crippen molar-refractivity contribution in [3.05, 3.63) is 45.5 Å². The van der Waals surface area contributed by atoms with Crippen molar-refractivity contribution in [2.45, 2.75) is 0 Å². The molecule has 0 amide bonds. The number of hydrogen-bond acceptors (Lipinski definition) is 5. The lowest BCUT2D eigenvalue weighted by molar-refractivity contribution is 0.432. The highest BCUT2D eigenvalue weighted by Gasteiger charge is 2.14. The predicted molar refractivity (Wildman–Crippen MR) is 82.8 cm³/mol. The Hall–Kier alpha value is -1.73. The molecule has 3 aromatic rings. The van der Waals surface area contributed by atoms with Gasteiger partial charge in [0.25, 0.3) is 5.89 Å². The number of nitrogens with two attached hydrogens (primary N) is 1. The number of aromatic nitrogens is 3. The lowest BCUT2D eigenvalue weighted by Gasteiger charge is -1.98. The molecule has 0 bridgehead atoms. The number of benzene rings is 1. The molecule has 1 aromatic carbocycles. The zero-order chi connectivity index (χ0) is 14.1. The smallest absolute Gasteiger partial charge is 0.258 e. The molecule has 7 heteroatoms. The summed E-state index contributed by atoms with van der Waals surface area (Å²) in [6, 6.07) is 9.15. The Balaban J connectivity index is 2.02. The molecular formula is C13H8Br2N4O. The number of halogens is 2. The molecule has 0 unspecified atom stereocenters. The minimum absolute atomic E-state index is 0.406. The first-order valence-corrected chi connectivity index (χ1v) is 7.23. The molecule has 3 rings (SSSR count). The molecule has 0 atom stereocenters. The number of nitrogens with zero attached hydrogens (tertiary/aromatic N) is 3. The maximum atomic E-state index is 5.74. The van der Waals surface area contributed by atoms with E-state index in [-0.39, 0.29) is 0 Å². The maximum absolute atomic E-state index is 5.74. The van der Waals surface area contributed by atoms with E-state index >= 15 is 0 Å². The van der Waals surface area contributed by atoms with Crippen molar-refractivity contribution in [2.24, 2.45) is 0 Å². The van der Waals surface area contributed by atoms with Crippen LogP contribution >= 0.6 is 31.9 Å². The molecule has 2 aromatic heterocycles. The van der Waals surface area contributed by atoms with Crippen molar-refractivity contribution in [1.29, 1.82) is 0 Å². The number of hydrogen-bond donors (Lipinski definition) is 1. The third kappa shape index (κ3) is 2.59. The van der Waals surface area contributed by atoms with Crippen molar-refractivity contribution in [1.82, 2.24) is 15.1 Å². The van der Waals surface area contributed by atoms with Crippen molar-refractivity contribution < 1.29 is 4.52 Å². The lowest BCUT2D eigenvalue weighted by atomic mass is 10.2. The fraction of sp³-hybridized carbons (Fsp3) is 0. The Morgan fingerprint density at radius 1 is 1.15 bits per heavy atom. The van der Waals surface area contributed by atoms with Crippen molar-refractivity contribution in [3.8, 4) is 23.0 Å². The molecule has 2 heterocycles. The second kappa shape index (κ2) is 5.34. The summed E-state index contributed by atoms with van der Waals surface area (Å²) >= 11 is 6.77. The highest BCUT2D eigenvalue weighted by atomic mass is 79.9. The Kier molecular flexibility index (Phi) is 3.54. The van der Waals surface area contributed by atoms with E-state index in [2.05, 4.69) is 47.0 Å². The summed E-state index contributed by atoms with van der Waals surface area (Å²) < 4.78 is 6.91. The third-order valence-electron chi connectivity index (χ3n) is 2.58. The van der Waals surface area contributed by atoms with E-state index in [4.69, 9.17) is 10.3 Å². The third-order valence-corrected chi connectivity index (χ3v) is 3.62. The Bertz CT molecular complexity index is 773. The van der Waals surface area contributed by atoms with Gasteiger partial charge in [-0.05, 0) is 56.1 Å². The standard InChI is InChI=1S/C13H8Br2N4O/c14-8-5-10(15)11(17-6-8)12-18-13(20-19-12)7-2-1-3-9(16)4-7/h1-6H,16H2. The van der Waals surface area contributed by atoms with E-state index < -0.39 is 0 Å². The van der Waals surface area contributed by atoms with Gasteiger partial charge >= 0.3 is 0 Å². The molecule has 5 nitrogen and oxygen atoms in total. The number of anilines is 1. The molecule has 0 spiro atoms. The quantitative estimate of drug-likeness (QED) is 0.665. The molecule has 0 radical (unpaired) electrons. The van der Waals surface area contributed by atoms with Crippen LogP contribution < -0.4 is 5.73 Å². The van der Waals surface area contributed by atoms with E-state index in [0.29, 0.717) is 23.1 Å². The molecule has 0 aliphatic carbocycles. The highest BCUT2D eigenvalue weighted by molar-refractivity contribution is 9.11. The maximum Gasteiger partial charge on any atom is 0.258 e. The summed E-state index contributed by atoms with van der Waals surface area (Å²) in [5.41, 5.74) is 7.78. The Labute approximate surface area is 131 Å². The van der Waals surface area contributed by atoms with Crippen LogP contribution in [0.2, 0.25) is 0 Å². The van der Waals surface area contributed by atoms with E-state index in [1.807, 2.05) is 18.2 Å². The molecule has 0 saturated heterocycles. The first-order chi connectivity index (χ1) is 9.63.